The van der Waals surface area contributed by atoms with Gasteiger partial charge < -0.3 is 10.2 Å². The SMILES string of the molecule is CCN1c2cc(Cl)c(F)cc2NCCC1C. The molecular weight excluding hydrogens is 227 g/mol. The topological polar surface area (TPSA) is 15.3 Å². The van der Waals surface area contributed by atoms with Gasteiger partial charge in [0.25, 0.3) is 0 Å². The highest BCUT2D eigenvalue weighted by molar-refractivity contribution is 6.31. The minimum Gasteiger partial charge on any atom is -0.383 e. The Kier molecular flexibility index (Phi) is 3.24. The second-order valence-corrected chi connectivity index (χ2v) is 4.54. The normalized spacial score (nSPS) is 20.0. The first-order valence-corrected chi connectivity index (χ1v) is 6.00. The number of nitrogens with zero attached hydrogens (tertiary/aromatic N) is 1. The molecule has 1 aliphatic heterocycles. The highest BCUT2D eigenvalue weighted by Gasteiger charge is 2.21. The maximum atomic E-state index is 13.4. The maximum Gasteiger partial charge on any atom is 0.143 e. The highest BCUT2D eigenvalue weighted by atomic mass is 35.5. The van der Waals surface area contributed by atoms with Crippen molar-refractivity contribution in [2.24, 2.45) is 0 Å². The molecule has 88 valence electrons. The van der Waals surface area contributed by atoms with E-state index in [2.05, 4.69) is 24.1 Å². The molecule has 1 aromatic carbocycles. The van der Waals surface area contributed by atoms with Gasteiger partial charge in [-0.2, -0.15) is 0 Å². The monoisotopic (exact) mass is 242 g/mol. The summed E-state index contributed by atoms with van der Waals surface area (Å²) in [5.41, 5.74) is 1.84. The Bertz CT molecular complexity index is 395. The van der Waals surface area contributed by atoms with Crippen LogP contribution in [0.3, 0.4) is 0 Å². The van der Waals surface area contributed by atoms with E-state index < -0.39 is 0 Å². The first-order chi connectivity index (χ1) is 7.63. The molecule has 0 spiro atoms. The van der Waals surface area contributed by atoms with E-state index in [4.69, 9.17) is 11.6 Å². The number of halogens is 2. The van der Waals surface area contributed by atoms with Crippen molar-refractivity contribution >= 4 is 23.0 Å². The van der Waals surface area contributed by atoms with E-state index >= 15 is 0 Å². The summed E-state index contributed by atoms with van der Waals surface area (Å²) in [6, 6.07) is 3.64. The predicted molar refractivity (Wildman–Crippen MR) is 67.0 cm³/mol. The van der Waals surface area contributed by atoms with Crippen LogP contribution in [0.2, 0.25) is 5.02 Å². The number of anilines is 2. The molecule has 0 fully saturated rings. The molecule has 1 aromatic rings. The van der Waals surface area contributed by atoms with Crippen LogP contribution in [0.1, 0.15) is 20.3 Å². The first kappa shape index (κ1) is 11.5. The summed E-state index contributed by atoms with van der Waals surface area (Å²) in [5.74, 6) is -0.362. The number of hydrogen-bond donors (Lipinski definition) is 1. The minimum atomic E-state index is -0.362. The molecule has 1 unspecified atom stereocenters. The van der Waals surface area contributed by atoms with Gasteiger partial charge in [-0.3, -0.25) is 0 Å². The van der Waals surface area contributed by atoms with Gasteiger partial charge in [0.05, 0.1) is 16.4 Å². The fourth-order valence-corrected chi connectivity index (χ4v) is 2.36. The lowest BCUT2D eigenvalue weighted by atomic mass is 10.2. The lowest BCUT2D eigenvalue weighted by Crippen LogP contribution is -2.32. The van der Waals surface area contributed by atoms with Gasteiger partial charge in [0.2, 0.25) is 0 Å². The smallest absolute Gasteiger partial charge is 0.143 e. The van der Waals surface area contributed by atoms with Crippen LogP contribution in [0.4, 0.5) is 15.8 Å². The Morgan fingerprint density at radius 3 is 3.00 bits per heavy atom. The molecular formula is C12H16ClFN2. The van der Waals surface area contributed by atoms with Crippen LogP contribution < -0.4 is 10.2 Å². The molecule has 1 atom stereocenters. The molecule has 0 saturated carbocycles. The van der Waals surface area contributed by atoms with Crippen molar-refractivity contribution < 1.29 is 4.39 Å². The molecule has 1 N–H and O–H groups in total. The van der Waals surface area contributed by atoms with Crippen molar-refractivity contribution in [3.63, 3.8) is 0 Å². The second-order valence-electron chi connectivity index (χ2n) is 4.13. The summed E-state index contributed by atoms with van der Waals surface area (Å²) in [4.78, 5) is 2.25. The van der Waals surface area contributed by atoms with E-state index in [9.17, 15) is 4.39 Å². The molecule has 0 radical (unpaired) electrons. The highest BCUT2D eigenvalue weighted by Crippen LogP contribution is 2.34. The third kappa shape index (κ3) is 1.96. The first-order valence-electron chi connectivity index (χ1n) is 5.63. The van der Waals surface area contributed by atoms with Crippen molar-refractivity contribution in [3.8, 4) is 0 Å². The zero-order valence-electron chi connectivity index (χ0n) is 9.56. The van der Waals surface area contributed by atoms with Crippen LogP contribution >= 0.6 is 11.6 Å². The quantitative estimate of drug-likeness (QED) is 0.811. The molecule has 0 amide bonds. The van der Waals surface area contributed by atoms with Gasteiger partial charge in [0.1, 0.15) is 5.82 Å². The Hall–Kier alpha value is -0.960. The summed E-state index contributed by atoms with van der Waals surface area (Å²) in [7, 11) is 0. The Balaban J connectivity index is 2.49. The average Bonchev–Trinajstić information content (AvgIpc) is 2.38. The van der Waals surface area contributed by atoms with E-state index in [-0.39, 0.29) is 10.8 Å². The van der Waals surface area contributed by atoms with Crippen LogP contribution in [0.15, 0.2) is 12.1 Å². The van der Waals surface area contributed by atoms with Crippen LogP contribution in [0, 0.1) is 5.82 Å². The fourth-order valence-electron chi connectivity index (χ4n) is 2.21. The van der Waals surface area contributed by atoms with E-state index in [1.807, 2.05) is 0 Å². The molecule has 0 saturated heterocycles. The van der Waals surface area contributed by atoms with E-state index in [1.165, 1.54) is 6.07 Å². The molecule has 0 aliphatic carbocycles. The van der Waals surface area contributed by atoms with Gasteiger partial charge in [-0.05, 0) is 26.3 Å². The van der Waals surface area contributed by atoms with Gasteiger partial charge in [0.15, 0.2) is 0 Å². The maximum absolute atomic E-state index is 13.4. The minimum absolute atomic E-state index is 0.188. The van der Waals surface area contributed by atoms with Crippen LogP contribution in [0.5, 0.6) is 0 Å². The lowest BCUT2D eigenvalue weighted by molar-refractivity contribution is 0.622. The standard InChI is InChI=1S/C12H16ClFN2/c1-3-16-8(2)4-5-15-11-7-10(14)9(13)6-12(11)16/h6-8,15H,3-5H2,1-2H3. The third-order valence-corrected chi connectivity index (χ3v) is 3.39. The molecule has 16 heavy (non-hydrogen) atoms. The van der Waals surface area contributed by atoms with Crippen molar-refractivity contribution in [2.75, 3.05) is 23.3 Å². The second kappa shape index (κ2) is 4.50. The zero-order valence-corrected chi connectivity index (χ0v) is 10.3. The van der Waals surface area contributed by atoms with Gasteiger partial charge in [-0.15, -0.1) is 0 Å². The molecule has 2 nitrogen and oxygen atoms in total. The summed E-state index contributed by atoms with van der Waals surface area (Å²) >= 11 is 5.84. The van der Waals surface area contributed by atoms with Crippen LogP contribution in [-0.4, -0.2) is 19.1 Å². The van der Waals surface area contributed by atoms with Gasteiger partial charge in [0, 0.05) is 25.2 Å². The zero-order chi connectivity index (χ0) is 11.7. The number of nitrogens with one attached hydrogen (secondary N) is 1. The largest absolute Gasteiger partial charge is 0.383 e. The number of hydrogen-bond acceptors (Lipinski definition) is 2. The fraction of sp³-hybridized carbons (Fsp3) is 0.500. The van der Waals surface area contributed by atoms with E-state index in [1.54, 1.807) is 6.07 Å². The van der Waals surface area contributed by atoms with Crippen LogP contribution in [-0.2, 0) is 0 Å². The molecule has 0 aromatic heterocycles. The lowest BCUT2D eigenvalue weighted by Gasteiger charge is -2.29. The summed E-state index contributed by atoms with van der Waals surface area (Å²) < 4.78 is 13.4. The molecule has 0 bridgehead atoms. The number of fused-ring (bicyclic) bond motifs is 1. The number of benzene rings is 1. The Labute approximate surface area is 100 Å². The van der Waals surface area contributed by atoms with Gasteiger partial charge >= 0.3 is 0 Å². The number of rotatable bonds is 1. The molecule has 4 heteroatoms. The Morgan fingerprint density at radius 1 is 1.56 bits per heavy atom. The van der Waals surface area contributed by atoms with E-state index in [0.29, 0.717) is 6.04 Å². The summed E-state index contributed by atoms with van der Waals surface area (Å²) in [6.45, 7) is 6.05. The van der Waals surface area contributed by atoms with Crippen molar-refractivity contribution in [1.29, 1.82) is 0 Å². The van der Waals surface area contributed by atoms with Crippen LogP contribution in [0.25, 0.3) is 0 Å². The van der Waals surface area contributed by atoms with Crippen molar-refractivity contribution in [3.05, 3.63) is 23.0 Å². The third-order valence-electron chi connectivity index (χ3n) is 3.10. The predicted octanol–water partition coefficient (Wildman–Crippen LogP) is 3.51. The summed E-state index contributed by atoms with van der Waals surface area (Å²) in [6.07, 6.45) is 1.04. The van der Waals surface area contributed by atoms with Gasteiger partial charge in [-0.1, -0.05) is 11.6 Å². The van der Waals surface area contributed by atoms with Gasteiger partial charge in [-0.25, -0.2) is 4.39 Å². The molecule has 2 rings (SSSR count). The molecule has 1 heterocycles. The van der Waals surface area contributed by atoms with Crippen molar-refractivity contribution in [2.45, 2.75) is 26.3 Å². The van der Waals surface area contributed by atoms with E-state index in [0.717, 1.165) is 30.9 Å². The average molecular weight is 243 g/mol. The van der Waals surface area contributed by atoms with Crippen molar-refractivity contribution in [1.82, 2.24) is 0 Å². The summed E-state index contributed by atoms with van der Waals surface area (Å²) in [5, 5.41) is 3.44. The Morgan fingerprint density at radius 2 is 2.31 bits per heavy atom. The molecule has 1 aliphatic rings.